The van der Waals surface area contributed by atoms with Crippen molar-refractivity contribution in [2.45, 2.75) is 11.5 Å². The topological polar surface area (TPSA) is 9.23 Å². The van der Waals surface area contributed by atoms with Crippen molar-refractivity contribution in [2.75, 3.05) is 18.5 Å². The van der Waals surface area contributed by atoms with Crippen LogP contribution in [-0.2, 0) is 11.3 Å². The van der Waals surface area contributed by atoms with Crippen molar-refractivity contribution in [1.82, 2.24) is 0 Å². The maximum Gasteiger partial charge on any atom is 0.0922 e. The average molecular weight is 214 g/mol. The molecular formula is C10H14OS2. The van der Waals surface area contributed by atoms with Crippen LogP contribution in [-0.4, -0.2) is 18.5 Å². The lowest BCUT2D eigenvalue weighted by molar-refractivity contribution is 0.169. The second kappa shape index (κ2) is 6.35. The van der Waals surface area contributed by atoms with Crippen molar-refractivity contribution in [3.63, 3.8) is 0 Å². The first-order valence-corrected chi connectivity index (χ1v) is 6.68. The highest BCUT2D eigenvalue weighted by atomic mass is 32.2. The van der Waals surface area contributed by atoms with Gasteiger partial charge in [0.2, 0.25) is 0 Å². The summed E-state index contributed by atoms with van der Waals surface area (Å²) in [5, 5.41) is 0. The Bertz CT molecular complexity index is 233. The van der Waals surface area contributed by atoms with Gasteiger partial charge < -0.3 is 4.74 Å². The lowest BCUT2D eigenvalue weighted by Gasteiger charge is -2.02. The van der Waals surface area contributed by atoms with E-state index in [2.05, 4.69) is 30.5 Å². The van der Waals surface area contributed by atoms with Crippen molar-refractivity contribution in [3.05, 3.63) is 29.8 Å². The zero-order valence-electron chi connectivity index (χ0n) is 7.95. The zero-order chi connectivity index (χ0) is 9.52. The van der Waals surface area contributed by atoms with Gasteiger partial charge in [-0.05, 0) is 30.2 Å². The van der Waals surface area contributed by atoms with Gasteiger partial charge in [-0.15, -0.1) is 23.5 Å². The molecule has 0 saturated carbocycles. The summed E-state index contributed by atoms with van der Waals surface area (Å²) in [5.41, 5.74) is 1.24. The molecule has 0 spiro atoms. The number of hydrogen-bond donors (Lipinski definition) is 0. The summed E-state index contributed by atoms with van der Waals surface area (Å²) in [7, 11) is 0. The summed E-state index contributed by atoms with van der Waals surface area (Å²) >= 11 is 3.46. The summed E-state index contributed by atoms with van der Waals surface area (Å²) in [6, 6.07) is 8.49. The molecule has 0 unspecified atom stereocenters. The average Bonchev–Trinajstić information content (AvgIpc) is 2.19. The smallest absolute Gasteiger partial charge is 0.0922 e. The SMILES string of the molecule is CSCOCc1ccc(SC)cc1. The Labute approximate surface area is 88.3 Å². The molecule has 0 saturated heterocycles. The van der Waals surface area contributed by atoms with Crippen LogP contribution in [0.2, 0.25) is 0 Å². The molecule has 1 aromatic rings. The van der Waals surface area contributed by atoms with Crippen LogP contribution in [0.4, 0.5) is 0 Å². The highest BCUT2D eigenvalue weighted by Gasteiger charge is 1.93. The van der Waals surface area contributed by atoms with Gasteiger partial charge in [0.05, 0.1) is 12.5 Å². The molecule has 0 aliphatic rings. The fraction of sp³-hybridized carbons (Fsp3) is 0.400. The van der Waals surface area contributed by atoms with Crippen molar-refractivity contribution < 1.29 is 4.74 Å². The molecule has 0 N–H and O–H groups in total. The van der Waals surface area contributed by atoms with Crippen LogP contribution in [0.3, 0.4) is 0 Å². The van der Waals surface area contributed by atoms with Crippen LogP contribution in [0, 0.1) is 0 Å². The molecule has 0 aliphatic carbocycles. The molecule has 0 aromatic heterocycles. The van der Waals surface area contributed by atoms with Gasteiger partial charge in [0.25, 0.3) is 0 Å². The standard InChI is InChI=1S/C10H14OS2/c1-12-8-11-7-9-3-5-10(13-2)6-4-9/h3-6H,7-8H2,1-2H3. The van der Waals surface area contributed by atoms with Gasteiger partial charge in [-0.25, -0.2) is 0 Å². The lowest BCUT2D eigenvalue weighted by atomic mass is 10.2. The molecule has 0 amide bonds. The van der Waals surface area contributed by atoms with Gasteiger partial charge in [0.15, 0.2) is 0 Å². The first kappa shape index (κ1) is 11.0. The van der Waals surface area contributed by atoms with Crippen molar-refractivity contribution in [1.29, 1.82) is 0 Å². The molecule has 1 rings (SSSR count). The largest absolute Gasteiger partial charge is 0.366 e. The van der Waals surface area contributed by atoms with Crippen molar-refractivity contribution in [3.8, 4) is 0 Å². The Hall–Kier alpha value is -0.120. The molecule has 1 aromatic carbocycles. The number of hydrogen-bond acceptors (Lipinski definition) is 3. The van der Waals surface area contributed by atoms with E-state index in [-0.39, 0.29) is 0 Å². The van der Waals surface area contributed by atoms with E-state index >= 15 is 0 Å². The second-order valence-corrected chi connectivity index (χ2v) is 4.30. The summed E-state index contributed by atoms with van der Waals surface area (Å²) in [5.74, 6) is 0.768. The fourth-order valence-electron chi connectivity index (χ4n) is 0.965. The van der Waals surface area contributed by atoms with E-state index in [4.69, 9.17) is 4.74 Å². The Morgan fingerprint density at radius 2 is 1.85 bits per heavy atom. The number of benzene rings is 1. The van der Waals surface area contributed by atoms with Crippen LogP contribution in [0.5, 0.6) is 0 Å². The van der Waals surface area contributed by atoms with Crippen molar-refractivity contribution >= 4 is 23.5 Å². The molecule has 1 nitrogen and oxygen atoms in total. The number of rotatable bonds is 5. The molecule has 0 radical (unpaired) electrons. The number of thioether (sulfide) groups is 2. The van der Waals surface area contributed by atoms with Crippen LogP contribution >= 0.6 is 23.5 Å². The molecule has 0 bridgehead atoms. The quantitative estimate of drug-likeness (QED) is 0.423. The first-order chi connectivity index (χ1) is 6.36. The van der Waals surface area contributed by atoms with Crippen LogP contribution in [0.1, 0.15) is 5.56 Å². The van der Waals surface area contributed by atoms with Gasteiger partial charge in [0.1, 0.15) is 0 Å². The van der Waals surface area contributed by atoms with Gasteiger partial charge in [0, 0.05) is 4.90 Å². The van der Waals surface area contributed by atoms with E-state index < -0.39 is 0 Å². The van der Waals surface area contributed by atoms with Crippen LogP contribution < -0.4 is 0 Å². The van der Waals surface area contributed by atoms with E-state index in [0.717, 1.165) is 12.5 Å². The summed E-state index contributed by atoms with van der Waals surface area (Å²) < 4.78 is 5.40. The Kier molecular flexibility index (Phi) is 5.35. The Morgan fingerprint density at radius 3 is 2.38 bits per heavy atom. The maximum absolute atomic E-state index is 5.40. The summed E-state index contributed by atoms with van der Waals surface area (Å²) in [6.45, 7) is 0.718. The molecule has 0 heterocycles. The minimum absolute atomic E-state index is 0.718. The van der Waals surface area contributed by atoms with E-state index in [1.165, 1.54) is 10.5 Å². The Balaban J connectivity index is 2.40. The maximum atomic E-state index is 5.40. The predicted molar refractivity (Wildman–Crippen MR) is 61.4 cm³/mol. The van der Waals surface area contributed by atoms with Crippen LogP contribution in [0.15, 0.2) is 29.2 Å². The zero-order valence-corrected chi connectivity index (χ0v) is 9.58. The highest BCUT2D eigenvalue weighted by molar-refractivity contribution is 7.98. The monoisotopic (exact) mass is 214 g/mol. The van der Waals surface area contributed by atoms with Crippen LogP contribution in [0.25, 0.3) is 0 Å². The van der Waals surface area contributed by atoms with Gasteiger partial charge >= 0.3 is 0 Å². The lowest BCUT2D eigenvalue weighted by Crippen LogP contribution is -1.91. The molecule has 3 heteroatoms. The molecular weight excluding hydrogens is 200 g/mol. The van der Waals surface area contributed by atoms with E-state index in [9.17, 15) is 0 Å². The second-order valence-electron chi connectivity index (χ2n) is 2.60. The van der Waals surface area contributed by atoms with Gasteiger partial charge in [-0.3, -0.25) is 0 Å². The highest BCUT2D eigenvalue weighted by Crippen LogP contribution is 2.15. The molecule has 0 aliphatic heterocycles. The van der Waals surface area contributed by atoms with E-state index in [0.29, 0.717) is 0 Å². The minimum Gasteiger partial charge on any atom is -0.366 e. The molecule has 0 atom stereocenters. The molecule has 72 valence electrons. The normalized spacial score (nSPS) is 10.3. The number of ether oxygens (including phenoxy) is 1. The van der Waals surface area contributed by atoms with E-state index in [1.54, 1.807) is 23.5 Å². The third-order valence-corrected chi connectivity index (χ3v) is 2.77. The first-order valence-electron chi connectivity index (χ1n) is 4.06. The van der Waals surface area contributed by atoms with Gasteiger partial charge in [-0.2, -0.15) is 0 Å². The summed E-state index contributed by atoms with van der Waals surface area (Å²) in [6.07, 6.45) is 4.12. The third-order valence-electron chi connectivity index (χ3n) is 1.63. The third kappa shape index (κ3) is 4.07. The van der Waals surface area contributed by atoms with Gasteiger partial charge in [-0.1, -0.05) is 12.1 Å². The molecule has 0 fully saturated rings. The fourth-order valence-corrected chi connectivity index (χ4v) is 1.62. The summed E-state index contributed by atoms with van der Waals surface area (Å²) in [4.78, 5) is 1.30. The van der Waals surface area contributed by atoms with Crippen molar-refractivity contribution in [2.24, 2.45) is 0 Å². The molecule has 13 heavy (non-hydrogen) atoms. The van der Waals surface area contributed by atoms with E-state index in [1.807, 2.05) is 6.26 Å². The Morgan fingerprint density at radius 1 is 1.15 bits per heavy atom. The predicted octanol–water partition coefficient (Wildman–Crippen LogP) is 3.25. The minimum atomic E-state index is 0.718.